The van der Waals surface area contributed by atoms with Crippen LogP contribution in [0.4, 0.5) is 10.1 Å². The van der Waals surface area contributed by atoms with Crippen molar-refractivity contribution in [2.45, 2.75) is 33.1 Å². The van der Waals surface area contributed by atoms with Crippen LogP contribution in [0.25, 0.3) is 11.3 Å². The Kier molecular flexibility index (Phi) is 4.54. The average molecular weight is 381 g/mol. The van der Waals surface area contributed by atoms with E-state index >= 15 is 0 Å². The van der Waals surface area contributed by atoms with Gasteiger partial charge in [-0.1, -0.05) is 0 Å². The van der Waals surface area contributed by atoms with E-state index in [4.69, 9.17) is 9.72 Å². The van der Waals surface area contributed by atoms with Crippen LogP contribution in [0.2, 0.25) is 0 Å². The number of fused-ring (bicyclic) bond motifs is 1. The molecule has 1 aliphatic heterocycles. The quantitative estimate of drug-likeness (QED) is 0.679. The number of amides is 1. The Balaban J connectivity index is 1.67. The van der Waals surface area contributed by atoms with E-state index < -0.39 is 6.17 Å². The molecule has 0 N–H and O–H groups in total. The van der Waals surface area contributed by atoms with Gasteiger partial charge in [0, 0.05) is 18.0 Å². The number of hydrogen-bond donors (Lipinski definition) is 0. The molecule has 0 aromatic carbocycles. The van der Waals surface area contributed by atoms with Gasteiger partial charge in [0.15, 0.2) is 0 Å². The van der Waals surface area contributed by atoms with E-state index in [1.165, 1.54) is 11.6 Å². The molecule has 1 aliphatic rings. The van der Waals surface area contributed by atoms with Gasteiger partial charge in [0.2, 0.25) is 0 Å². The molecule has 28 heavy (non-hydrogen) atoms. The smallest absolute Gasteiger partial charge is 0.260 e. The fourth-order valence-electron chi connectivity index (χ4n) is 3.38. The molecule has 1 amide bonds. The van der Waals surface area contributed by atoms with Crippen LogP contribution in [0.1, 0.15) is 28.5 Å². The minimum atomic E-state index is -1.01. The van der Waals surface area contributed by atoms with Crippen molar-refractivity contribution in [1.82, 2.24) is 19.7 Å². The highest BCUT2D eigenvalue weighted by Crippen LogP contribution is 2.32. The van der Waals surface area contributed by atoms with Crippen LogP contribution < -0.4 is 9.64 Å². The highest BCUT2D eigenvalue weighted by molar-refractivity contribution is 6.10. The highest BCUT2D eigenvalue weighted by Gasteiger charge is 2.32. The van der Waals surface area contributed by atoms with E-state index in [9.17, 15) is 9.18 Å². The second kappa shape index (κ2) is 7.03. The van der Waals surface area contributed by atoms with Gasteiger partial charge in [0.05, 0.1) is 55.2 Å². The Labute approximate surface area is 161 Å². The van der Waals surface area contributed by atoms with Crippen molar-refractivity contribution in [1.29, 1.82) is 0 Å². The van der Waals surface area contributed by atoms with Gasteiger partial charge in [-0.25, -0.2) is 4.39 Å². The predicted octanol–water partition coefficient (Wildman–Crippen LogP) is 3.18. The van der Waals surface area contributed by atoms with E-state index in [0.29, 0.717) is 29.2 Å². The summed E-state index contributed by atoms with van der Waals surface area (Å²) in [6.07, 6.45) is 5.59. The normalized spacial score (nSPS) is 14.3. The molecule has 3 aromatic rings. The number of carbonyl (C=O) groups is 1. The van der Waals surface area contributed by atoms with Crippen molar-refractivity contribution in [3.05, 3.63) is 53.7 Å². The van der Waals surface area contributed by atoms with Gasteiger partial charge in [-0.05, 0) is 31.5 Å². The Morgan fingerprint density at radius 2 is 2.11 bits per heavy atom. The number of pyridine rings is 2. The molecule has 0 fully saturated rings. The molecule has 7 nitrogen and oxygen atoms in total. The largest absolute Gasteiger partial charge is 0.495 e. The lowest BCUT2D eigenvalue weighted by Gasteiger charge is -2.12. The molecule has 4 heterocycles. The molecule has 0 spiro atoms. The third kappa shape index (κ3) is 3.21. The van der Waals surface area contributed by atoms with Gasteiger partial charge >= 0.3 is 0 Å². The number of hydrogen-bond acceptors (Lipinski definition) is 5. The lowest BCUT2D eigenvalue weighted by molar-refractivity contribution is 0.0996. The molecule has 0 saturated heterocycles. The zero-order chi connectivity index (χ0) is 19.8. The Hall–Kier alpha value is -3.29. The minimum absolute atomic E-state index is 0.122. The third-order valence-corrected chi connectivity index (χ3v) is 4.67. The summed E-state index contributed by atoms with van der Waals surface area (Å²) in [4.78, 5) is 23.4. The van der Waals surface area contributed by atoms with Crippen LogP contribution in [-0.2, 0) is 13.1 Å². The summed E-state index contributed by atoms with van der Waals surface area (Å²) in [6.45, 7) is 3.87. The van der Waals surface area contributed by atoms with E-state index in [2.05, 4.69) is 10.1 Å². The van der Waals surface area contributed by atoms with E-state index in [1.807, 2.05) is 19.1 Å². The van der Waals surface area contributed by atoms with Crippen LogP contribution in [0, 0.1) is 6.92 Å². The van der Waals surface area contributed by atoms with E-state index in [1.54, 1.807) is 36.8 Å². The zero-order valence-electron chi connectivity index (χ0n) is 15.9. The second-order valence-electron chi connectivity index (χ2n) is 6.85. The van der Waals surface area contributed by atoms with Crippen molar-refractivity contribution in [3.8, 4) is 17.0 Å². The molecule has 8 heteroatoms. The Morgan fingerprint density at radius 1 is 1.29 bits per heavy atom. The number of halogens is 1. The summed E-state index contributed by atoms with van der Waals surface area (Å²) < 4.78 is 19.9. The molecule has 144 valence electrons. The van der Waals surface area contributed by atoms with Crippen molar-refractivity contribution in [2.75, 3.05) is 12.0 Å². The first-order valence-electron chi connectivity index (χ1n) is 8.94. The van der Waals surface area contributed by atoms with Crippen LogP contribution >= 0.6 is 0 Å². The molecule has 0 radical (unpaired) electrons. The number of nitrogens with zero attached hydrogens (tertiary/aromatic N) is 5. The summed E-state index contributed by atoms with van der Waals surface area (Å²) in [5.74, 6) is 0.521. The van der Waals surface area contributed by atoms with Crippen LogP contribution in [-0.4, -0.2) is 38.9 Å². The summed E-state index contributed by atoms with van der Waals surface area (Å²) in [7, 11) is 1.59. The third-order valence-electron chi connectivity index (χ3n) is 4.67. The Morgan fingerprint density at radius 3 is 2.86 bits per heavy atom. The van der Waals surface area contributed by atoms with Gasteiger partial charge in [-0.15, -0.1) is 0 Å². The molecule has 0 unspecified atom stereocenters. The number of rotatable bonds is 5. The standard InChI is InChI=1S/C20H20FN5O2/c1-12-4-17(14-5-16(28-3)8-22-6-14)24-18-11-26(20(27)19(12)18)15-7-23-25(10-15)9-13(2)21/h4-8,10,13H,9,11H2,1-3H3/t13-/m0/s1. The molecule has 0 bridgehead atoms. The number of aryl methyl sites for hydroxylation is 1. The number of aromatic nitrogens is 4. The van der Waals surface area contributed by atoms with E-state index in [-0.39, 0.29) is 12.5 Å². The Bertz CT molecular complexity index is 1050. The number of ether oxygens (including phenoxy) is 1. The van der Waals surface area contributed by atoms with Crippen LogP contribution in [0.5, 0.6) is 5.75 Å². The van der Waals surface area contributed by atoms with E-state index in [0.717, 1.165) is 16.8 Å². The fourth-order valence-corrected chi connectivity index (χ4v) is 3.38. The molecule has 1 atom stereocenters. The molecular weight excluding hydrogens is 361 g/mol. The summed E-state index contributed by atoms with van der Waals surface area (Å²) in [6, 6.07) is 3.74. The minimum Gasteiger partial charge on any atom is -0.495 e. The van der Waals surface area contributed by atoms with Crippen molar-refractivity contribution < 1.29 is 13.9 Å². The summed E-state index contributed by atoms with van der Waals surface area (Å²) in [5.41, 5.74) is 4.34. The van der Waals surface area contributed by atoms with Gasteiger partial charge in [-0.2, -0.15) is 5.10 Å². The maximum Gasteiger partial charge on any atom is 0.260 e. The van der Waals surface area contributed by atoms with Crippen molar-refractivity contribution >= 4 is 11.6 Å². The highest BCUT2D eigenvalue weighted by atomic mass is 19.1. The summed E-state index contributed by atoms with van der Waals surface area (Å²) >= 11 is 0. The van der Waals surface area contributed by atoms with Gasteiger partial charge in [-0.3, -0.25) is 24.3 Å². The topological polar surface area (TPSA) is 73.1 Å². The number of carbonyl (C=O) groups excluding carboxylic acids is 1. The van der Waals surface area contributed by atoms with Crippen LogP contribution in [0.3, 0.4) is 0 Å². The lowest BCUT2D eigenvalue weighted by atomic mass is 10.1. The maximum absolute atomic E-state index is 13.2. The molecular formula is C20H20FN5O2. The maximum atomic E-state index is 13.2. The van der Waals surface area contributed by atoms with Gasteiger partial charge in [0.25, 0.3) is 5.91 Å². The first-order chi connectivity index (χ1) is 13.5. The first kappa shape index (κ1) is 18.1. The number of methoxy groups -OCH3 is 1. The summed E-state index contributed by atoms with van der Waals surface area (Å²) in [5, 5.41) is 4.15. The van der Waals surface area contributed by atoms with Crippen molar-refractivity contribution in [2.24, 2.45) is 0 Å². The number of alkyl halides is 1. The SMILES string of the molecule is COc1cncc(-c2cc(C)c3c(n2)CN(c2cnn(C[C@H](C)F)c2)C3=O)c1. The second-order valence-corrected chi connectivity index (χ2v) is 6.85. The number of anilines is 1. The lowest BCUT2D eigenvalue weighted by Crippen LogP contribution is -2.23. The fraction of sp³-hybridized carbons (Fsp3) is 0.300. The molecule has 0 saturated carbocycles. The first-order valence-corrected chi connectivity index (χ1v) is 8.94. The van der Waals surface area contributed by atoms with Gasteiger partial charge in [0.1, 0.15) is 11.9 Å². The predicted molar refractivity (Wildman–Crippen MR) is 102 cm³/mol. The monoisotopic (exact) mass is 381 g/mol. The average Bonchev–Trinajstić information content (AvgIpc) is 3.25. The van der Waals surface area contributed by atoms with Crippen molar-refractivity contribution in [3.63, 3.8) is 0 Å². The molecule has 0 aliphatic carbocycles. The van der Waals surface area contributed by atoms with Gasteiger partial charge < -0.3 is 4.74 Å². The molecule has 4 rings (SSSR count). The molecule has 3 aromatic heterocycles. The zero-order valence-corrected chi connectivity index (χ0v) is 15.9. The van der Waals surface area contributed by atoms with Crippen LogP contribution in [0.15, 0.2) is 36.9 Å².